The second-order valence-corrected chi connectivity index (χ2v) is 4.67. The summed E-state index contributed by atoms with van der Waals surface area (Å²) < 4.78 is 20.7. The summed E-state index contributed by atoms with van der Waals surface area (Å²) in [5.41, 5.74) is 0.508. The Labute approximate surface area is 117 Å². The number of rotatable bonds is 3. The van der Waals surface area contributed by atoms with E-state index in [1.165, 1.54) is 16.8 Å². The number of carbonyl (C=O) groups is 1. The van der Waals surface area contributed by atoms with E-state index in [2.05, 4.69) is 26.2 Å². The monoisotopic (exact) mass is 327 g/mol. The molecule has 0 aliphatic heterocycles. The van der Waals surface area contributed by atoms with Crippen LogP contribution in [0.3, 0.4) is 0 Å². The predicted octanol–water partition coefficient (Wildman–Crippen LogP) is 2.56. The summed E-state index contributed by atoms with van der Waals surface area (Å²) in [6, 6.07) is 4.51. The zero-order valence-electron chi connectivity index (χ0n) is 10.4. The molecule has 0 aliphatic carbocycles. The molecule has 5 nitrogen and oxygen atoms in total. The van der Waals surface area contributed by atoms with Crippen LogP contribution in [-0.2, 0) is 11.8 Å². The van der Waals surface area contributed by atoms with E-state index >= 15 is 0 Å². The van der Waals surface area contributed by atoms with Gasteiger partial charge in [-0.05, 0) is 25.1 Å². The van der Waals surface area contributed by atoms with Crippen LogP contribution < -0.4 is 0 Å². The molecule has 2 rings (SSSR count). The third-order valence-electron chi connectivity index (χ3n) is 2.48. The zero-order chi connectivity index (χ0) is 14.0. The number of esters is 1. The molecule has 0 bridgehead atoms. The number of hydrogen-bond donors (Lipinski definition) is 0. The Kier molecular flexibility index (Phi) is 3.94. The second kappa shape index (κ2) is 5.48. The lowest BCUT2D eigenvalue weighted by molar-refractivity contribution is 0.0514. The largest absolute Gasteiger partial charge is 0.461 e. The number of carbonyl (C=O) groups excluding carboxylic acids is 1. The molecule has 0 amide bonds. The molecule has 0 saturated heterocycles. The van der Waals surface area contributed by atoms with Gasteiger partial charge in [0.1, 0.15) is 11.5 Å². The predicted molar refractivity (Wildman–Crippen MR) is 70.1 cm³/mol. The molecular weight excluding hydrogens is 317 g/mol. The molecule has 100 valence electrons. The summed E-state index contributed by atoms with van der Waals surface area (Å²) in [7, 11) is 1.56. The van der Waals surface area contributed by atoms with Crippen LogP contribution in [0.25, 0.3) is 11.3 Å². The summed E-state index contributed by atoms with van der Waals surface area (Å²) in [6.45, 7) is 1.92. The first-order valence-electron chi connectivity index (χ1n) is 5.56. The van der Waals surface area contributed by atoms with E-state index in [0.717, 1.165) is 0 Å². The first kappa shape index (κ1) is 13.7. The Morgan fingerprint density at radius 1 is 1.53 bits per heavy atom. The number of aromatic nitrogens is 3. The van der Waals surface area contributed by atoms with Crippen molar-refractivity contribution < 1.29 is 13.9 Å². The van der Waals surface area contributed by atoms with Gasteiger partial charge >= 0.3 is 5.97 Å². The fourth-order valence-corrected chi connectivity index (χ4v) is 1.98. The van der Waals surface area contributed by atoms with Gasteiger partial charge < -0.3 is 4.74 Å². The summed E-state index contributed by atoms with van der Waals surface area (Å²) in [4.78, 5) is 11.8. The van der Waals surface area contributed by atoms with Crippen LogP contribution in [0.2, 0.25) is 0 Å². The van der Waals surface area contributed by atoms with Crippen LogP contribution in [0.5, 0.6) is 0 Å². The molecule has 0 aliphatic rings. The molecule has 1 aromatic carbocycles. The Morgan fingerprint density at radius 2 is 2.26 bits per heavy atom. The Balaban J connectivity index is 2.54. The molecule has 7 heteroatoms. The van der Waals surface area contributed by atoms with Crippen LogP contribution >= 0.6 is 15.9 Å². The lowest BCUT2D eigenvalue weighted by Crippen LogP contribution is -2.11. The van der Waals surface area contributed by atoms with E-state index in [-0.39, 0.29) is 23.6 Å². The fraction of sp³-hybridized carbons (Fsp3) is 0.250. The van der Waals surface area contributed by atoms with Gasteiger partial charge in [0, 0.05) is 17.1 Å². The number of benzene rings is 1. The molecule has 1 aromatic heterocycles. The highest BCUT2D eigenvalue weighted by Gasteiger charge is 2.23. The third kappa shape index (κ3) is 2.65. The van der Waals surface area contributed by atoms with E-state index in [4.69, 9.17) is 4.74 Å². The summed E-state index contributed by atoms with van der Waals surface area (Å²) in [6.07, 6.45) is 0. The van der Waals surface area contributed by atoms with Crippen LogP contribution in [0.15, 0.2) is 22.7 Å². The van der Waals surface area contributed by atoms with Gasteiger partial charge in [-0.1, -0.05) is 21.1 Å². The number of ether oxygens (including phenoxy) is 1. The molecule has 0 unspecified atom stereocenters. The van der Waals surface area contributed by atoms with Crippen molar-refractivity contribution >= 4 is 21.9 Å². The standard InChI is InChI=1S/C12H11BrFN3O2/c1-3-19-12(18)11-10(15-16-17(11)2)8-5-4-7(13)6-9(8)14/h4-6H,3H2,1-2H3. The first-order chi connectivity index (χ1) is 9.04. The van der Waals surface area contributed by atoms with E-state index in [1.54, 1.807) is 20.0 Å². The van der Waals surface area contributed by atoms with Crippen molar-refractivity contribution in [3.05, 3.63) is 34.2 Å². The van der Waals surface area contributed by atoms with Crippen molar-refractivity contribution in [2.75, 3.05) is 6.61 Å². The minimum Gasteiger partial charge on any atom is -0.461 e. The Bertz CT molecular complexity index is 627. The van der Waals surface area contributed by atoms with Crippen molar-refractivity contribution in [3.63, 3.8) is 0 Å². The topological polar surface area (TPSA) is 57.0 Å². The number of hydrogen-bond acceptors (Lipinski definition) is 4. The van der Waals surface area contributed by atoms with Gasteiger partial charge in [0.05, 0.1) is 6.61 Å². The van der Waals surface area contributed by atoms with Gasteiger partial charge in [-0.15, -0.1) is 5.10 Å². The molecule has 0 N–H and O–H groups in total. The van der Waals surface area contributed by atoms with E-state index < -0.39 is 11.8 Å². The van der Waals surface area contributed by atoms with Gasteiger partial charge in [0.2, 0.25) is 0 Å². The third-order valence-corrected chi connectivity index (χ3v) is 2.98. The maximum Gasteiger partial charge on any atom is 0.358 e. The lowest BCUT2D eigenvalue weighted by Gasteiger charge is -2.05. The molecule has 19 heavy (non-hydrogen) atoms. The highest BCUT2D eigenvalue weighted by Crippen LogP contribution is 2.26. The second-order valence-electron chi connectivity index (χ2n) is 3.75. The van der Waals surface area contributed by atoms with E-state index in [9.17, 15) is 9.18 Å². The fourth-order valence-electron chi connectivity index (χ4n) is 1.65. The SMILES string of the molecule is CCOC(=O)c1c(-c2ccc(Br)cc2F)nnn1C. The average Bonchev–Trinajstić information content (AvgIpc) is 2.71. The summed E-state index contributed by atoms with van der Waals surface area (Å²) in [5.74, 6) is -1.06. The van der Waals surface area contributed by atoms with Crippen molar-refractivity contribution in [2.45, 2.75) is 6.92 Å². The minimum absolute atomic E-state index is 0.128. The maximum absolute atomic E-state index is 13.9. The van der Waals surface area contributed by atoms with Gasteiger partial charge in [-0.2, -0.15) is 0 Å². The van der Waals surface area contributed by atoms with Crippen molar-refractivity contribution in [1.29, 1.82) is 0 Å². The Hall–Kier alpha value is -1.76. The molecule has 2 aromatic rings. The minimum atomic E-state index is -0.577. The Morgan fingerprint density at radius 3 is 2.89 bits per heavy atom. The highest BCUT2D eigenvalue weighted by atomic mass is 79.9. The van der Waals surface area contributed by atoms with Crippen molar-refractivity contribution in [3.8, 4) is 11.3 Å². The summed E-state index contributed by atoms with van der Waals surface area (Å²) in [5, 5.41) is 7.58. The lowest BCUT2D eigenvalue weighted by atomic mass is 10.1. The average molecular weight is 328 g/mol. The van der Waals surface area contributed by atoms with Gasteiger partial charge in [-0.3, -0.25) is 0 Å². The van der Waals surface area contributed by atoms with Gasteiger partial charge in [0.15, 0.2) is 5.69 Å². The molecule has 0 fully saturated rings. The quantitative estimate of drug-likeness (QED) is 0.813. The smallest absolute Gasteiger partial charge is 0.358 e. The molecule has 1 heterocycles. The van der Waals surface area contributed by atoms with Crippen LogP contribution in [-0.4, -0.2) is 27.6 Å². The summed E-state index contributed by atoms with van der Waals surface area (Å²) >= 11 is 3.17. The molecular formula is C12H11BrFN3O2. The molecule has 0 atom stereocenters. The van der Waals surface area contributed by atoms with Crippen molar-refractivity contribution in [1.82, 2.24) is 15.0 Å². The van der Waals surface area contributed by atoms with Gasteiger partial charge in [-0.25, -0.2) is 13.9 Å². The molecule has 0 radical (unpaired) electrons. The number of halogens is 2. The van der Waals surface area contributed by atoms with E-state index in [1.807, 2.05) is 0 Å². The molecule has 0 spiro atoms. The number of aryl methyl sites for hydroxylation is 1. The van der Waals surface area contributed by atoms with Crippen LogP contribution in [0.4, 0.5) is 4.39 Å². The van der Waals surface area contributed by atoms with E-state index in [0.29, 0.717) is 4.47 Å². The van der Waals surface area contributed by atoms with Crippen LogP contribution in [0.1, 0.15) is 17.4 Å². The normalized spacial score (nSPS) is 10.5. The number of nitrogens with zero attached hydrogens (tertiary/aromatic N) is 3. The van der Waals surface area contributed by atoms with Gasteiger partial charge in [0.25, 0.3) is 0 Å². The maximum atomic E-state index is 13.9. The van der Waals surface area contributed by atoms with Crippen molar-refractivity contribution in [2.24, 2.45) is 7.05 Å². The zero-order valence-corrected chi connectivity index (χ0v) is 11.9. The highest BCUT2D eigenvalue weighted by molar-refractivity contribution is 9.10. The first-order valence-corrected chi connectivity index (χ1v) is 6.36. The van der Waals surface area contributed by atoms with Crippen LogP contribution in [0, 0.1) is 5.82 Å². The molecule has 0 saturated carbocycles.